The Morgan fingerprint density at radius 2 is 0.672 bits per heavy atom. The largest absolute Gasteiger partial charge is 0.462 e. The topological polar surface area (TPSA) is 78.9 Å². The molecular weight excluding hydrogens is 793 g/mol. The first kappa shape index (κ1) is 60.9. The molecule has 1 atom stereocenters. The molecule has 6 nitrogen and oxygen atoms in total. The van der Waals surface area contributed by atoms with Crippen molar-refractivity contribution < 1.29 is 28.6 Å². The van der Waals surface area contributed by atoms with Crippen LogP contribution in [0.25, 0.3) is 0 Å². The van der Waals surface area contributed by atoms with Gasteiger partial charge >= 0.3 is 17.9 Å². The van der Waals surface area contributed by atoms with Crippen LogP contribution < -0.4 is 0 Å². The molecule has 0 bridgehead atoms. The SMILES string of the molecule is CC/C=C\C/C=C\CCCCCCCC(=O)OCC(COC(=O)CCCCCCC\C=C/C=C\C=C/CCCCCCC)OC(=O)CCCCCCC/C=C\CCCCCCCCC. The fourth-order valence-corrected chi connectivity index (χ4v) is 7.42. The average Bonchev–Trinajstić information content (AvgIpc) is 3.29. The van der Waals surface area contributed by atoms with E-state index < -0.39 is 6.10 Å². The van der Waals surface area contributed by atoms with E-state index in [0.29, 0.717) is 19.3 Å². The molecule has 0 heterocycles. The molecule has 0 spiro atoms. The Morgan fingerprint density at radius 3 is 1.08 bits per heavy atom. The monoisotopic (exact) mass is 893 g/mol. The van der Waals surface area contributed by atoms with Crippen molar-refractivity contribution in [1.82, 2.24) is 0 Å². The van der Waals surface area contributed by atoms with Crippen LogP contribution in [0.2, 0.25) is 0 Å². The average molecular weight is 893 g/mol. The van der Waals surface area contributed by atoms with Gasteiger partial charge in [-0.1, -0.05) is 216 Å². The lowest BCUT2D eigenvalue weighted by molar-refractivity contribution is -0.167. The van der Waals surface area contributed by atoms with Gasteiger partial charge in [-0.15, -0.1) is 0 Å². The van der Waals surface area contributed by atoms with Crippen LogP contribution in [-0.2, 0) is 28.6 Å². The molecule has 368 valence electrons. The molecule has 6 heteroatoms. The van der Waals surface area contributed by atoms with Gasteiger partial charge in [0.2, 0.25) is 0 Å². The molecule has 0 aromatic rings. The molecule has 0 saturated carbocycles. The Labute approximate surface area is 395 Å². The Morgan fingerprint density at radius 1 is 0.344 bits per heavy atom. The molecule has 64 heavy (non-hydrogen) atoms. The molecule has 1 unspecified atom stereocenters. The highest BCUT2D eigenvalue weighted by Crippen LogP contribution is 2.14. The molecule has 0 saturated heterocycles. The molecule has 0 aliphatic heterocycles. The van der Waals surface area contributed by atoms with Crippen molar-refractivity contribution >= 4 is 17.9 Å². The lowest BCUT2D eigenvalue weighted by Crippen LogP contribution is -2.30. The van der Waals surface area contributed by atoms with Crippen LogP contribution in [0.15, 0.2) is 72.9 Å². The molecule has 0 aromatic carbocycles. The summed E-state index contributed by atoms with van der Waals surface area (Å²) in [5.41, 5.74) is 0. The lowest BCUT2D eigenvalue weighted by atomic mass is 10.1. The number of hydrogen-bond acceptors (Lipinski definition) is 6. The highest BCUT2D eigenvalue weighted by molar-refractivity contribution is 5.71. The molecule has 0 N–H and O–H groups in total. The third-order valence-corrected chi connectivity index (χ3v) is 11.5. The molecule has 0 fully saturated rings. The highest BCUT2D eigenvalue weighted by Gasteiger charge is 2.19. The van der Waals surface area contributed by atoms with E-state index in [4.69, 9.17) is 14.2 Å². The van der Waals surface area contributed by atoms with Gasteiger partial charge < -0.3 is 14.2 Å². The first-order valence-corrected chi connectivity index (χ1v) is 27.0. The number of ether oxygens (including phenoxy) is 3. The second-order valence-electron chi connectivity index (χ2n) is 17.8. The first-order valence-electron chi connectivity index (χ1n) is 27.0. The Hall–Kier alpha value is -3.15. The molecular formula is C58H100O6. The number of rotatable bonds is 48. The van der Waals surface area contributed by atoms with Gasteiger partial charge in [0.25, 0.3) is 0 Å². The van der Waals surface area contributed by atoms with Gasteiger partial charge in [0.15, 0.2) is 6.10 Å². The van der Waals surface area contributed by atoms with Crippen molar-refractivity contribution in [1.29, 1.82) is 0 Å². The smallest absolute Gasteiger partial charge is 0.306 e. The summed E-state index contributed by atoms with van der Waals surface area (Å²) in [4.78, 5) is 38.0. The van der Waals surface area contributed by atoms with Gasteiger partial charge in [0.1, 0.15) is 13.2 Å². The molecule has 0 rings (SSSR count). The first-order chi connectivity index (χ1) is 31.5. The van der Waals surface area contributed by atoms with E-state index >= 15 is 0 Å². The van der Waals surface area contributed by atoms with Crippen molar-refractivity contribution in [3.05, 3.63) is 72.9 Å². The third-order valence-electron chi connectivity index (χ3n) is 11.5. The Kier molecular flexibility index (Phi) is 49.9. The molecule has 0 aliphatic carbocycles. The number of hydrogen-bond donors (Lipinski definition) is 0. The van der Waals surface area contributed by atoms with Crippen LogP contribution in [0.4, 0.5) is 0 Å². The zero-order valence-electron chi connectivity index (χ0n) is 42.0. The summed E-state index contributed by atoms with van der Waals surface area (Å²) in [6.45, 7) is 6.48. The normalized spacial score (nSPS) is 12.6. The maximum absolute atomic E-state index is 12.8. The van der Waals surface area contributed by atoms with Crippen LogP contribution in [0.1, 0.15) is 258 Å². The third kappa shape index (κ3) is 49.9. The summed E-state index contributed by atoms with van der Waals surface area (Å²) >= 11 is 0. The van der Waals surface area contributed by atoms with Gasteiger partial charge in [0.05, 0.1) is 0 Å². The maximum Gasteiger partial charge on any atom is 0.306 e. The predicted molar refractivity (Wildman–Crippen MR) is 274 cm³/mol. The van der Waals surface area contributed by atoms with Crippen LogP contribution in [0.3, 0.4) is 0 Å². The Bertz CT molecular complexity index is 1210. The standard InChI is InChI=1S/C58H100O6/c1-4-7-10-13-16-19-22-25-27-29-30-32-33-36-39-42-45-48-51-57(60)63-54-55(53-62-56(59)50-47-44-41-38-35-24-21-18-15-12-9-6-3)64-58(61)52-49-46-43-40-37-34-31-28-26-23-20-17-14-11-8-5-2/h9,12,18,21-22,25,27-32,55H,4-8,10-11,13-17,19-20,23-24,26,33-54H2,1-3H3/b12-9-,21-18-,25-22-,29-27-,31-28-,32-30-. The van der Waals surface area contributed by atoms with Gasteiger partial charge in [0, 0.05) is 19.3 Å². The van der Waals surface area contributed by atoms with Gasteiger partial charge in [-0.3, -0.25) is 14.4 Å². The molecule has 0 aliphatic rings. The van der Waals surface area contributed by atoms with E-state index in [1.807, 2.05) is 0 Å². The van der Waals surface area contributed by atoms with Gasteiger partial charge in [-0.25, -0.2) is 0 Å². The van der Waals surface area contributed by atoms with Gasteiger partial charge in [-0.2, -0.15) is 0 Å². The van der Waals surface area contributed by atoms with Crippen LogP contribution >= 0.6 is 0 Å². The van der Waals surface area contributed by atoms with Crippen LogP contribution in [-0.4, -0.2) is 37.2 Å². The highest BCUT2D eigenvalue weighted by atomic mass is 16.6. The summed E-state index contributed by atoms with van der Waals surface area (Å²) < 4.78 is 16.8. The van der Waals surface area contributed by atoms with Crippen LogP contribution in [0, 0.1) is 0 Å². The molecule has 0 radical (unpaired) electrons. The minimum absolute atomic E-state index is 0.0930. The van der Waals surface area contributed by atoms with Crippen molar-refractivity contribution in [2.45, 2.75) is 264 Å². The van der Waals surface area contributed by atoms with Crippen LogP contribution in [0.5, 0.6) is 0 Å². The fraction of sp³-hybridized carbons (Fsp3) is 0.741. The number of esters is 3. The molecule has 0 aromatic heterocycles. The van der Waals surface area contributed by atoms with Crippen molar-refractivity contribution in [3.63, 3.8) is 0 Å². The zero-order chi connectivity index (χ0) is 46.5. The van der Waals surface area contributed by atoms with E-state index in [0.717, 1.165) is 122 Å². The number of carbonyl (C=O) groups is 3. The van der Waals surface area contributed by atoms with E-state index in [2.05, 4.69) is 93.7 Å². The second-order valence-corrected chi connectivity index (χ2v) is 17.8. The summed E-state index contributed by atoms with van der Waals surface area (Å²) in [6, 6.07) is 0. The summed E-state index contributed by atoms with van der Waals surface area (Å²) in [5, 5.41) is 0. The summed E-state index contributed by atoms with van der Waals surface area (Å²) in [7, 11) is 0. The second kappa shape index (κ2) is 52.5. The fourth-order valence-electron chi connectivity index (χ4n) is 7.42. The van der Waals surface area contributed by atoms with E-state index in [1.165, 1.54) is 96.3 Å². The van der Waals surface area contributed by atoms with E-state index in [-0.39, 0.29) is 31.1 Å². The number of allylic oxidation sites excluding steroid dienone is 12. The maximum atomic E-state index is 12.8. The van der Waals surface area contributed by atoms with Gasteiger partial charge in [-0.05, 0) is 96.3 Å². The van der Waals surface area contributed by atoms with E-state index in [9.17, 15) is 14.4 Å². The van der Waals surface area contributed by atoms with E-state index in [1.54, 1.807) is 0 Å². The lowest BCUT2D eigenvalue weighted by Gasteiger charge is -2.18. The van der Waals surface area contributed by atoms with Crippen molar-refractivity contribution in [3.8, 4) is 0 Å². The molecule has 0 amide bonds. The number of carbonyl (C=O) groups excluding carboxylic acids is 3. The zero-order valence-corrected chi connectivity index (χ0v) is 42.0. The quantitative estimate of drug-likeness (QED) is 0.0199. The summed E-state index contributed by atoms with van der Waals surface area (Å²) in [6.07, 6.45) is 66.0. The number of unbranched alkanes of at least 4 members (excludes halogenated alkanes) is 27. The minimum Gasteiger partial charge on any atom is -0.462 e. The summed E-state index contributed by atoms with van der Waals surface area (Å²) in [5.74, 6) is -0.931. The Balaban J connectivity index is 4.43. The predicted octanol–water partition coefficient (Wildman–Crippen LogP) is 17.8. The van der Waals surface area contributed by atoms with Crippen molar-refractivity contribution in [2.75, 3.05) is 13.2 Å². The minimum atomic E-state index is -0.794. The van der Waals surface area contributed by atoms with Crippen molar-refractivity contribution in [2.24, 2.45) is 0 Å².